The number of carbonyl (C=O) groups is 1. The number of para-hydroxylation sites is 1. The van der Waals surface area contributed by atoms with Crippen LogP contribution in [0, 0.1) is 10.1 Å². The predicted molar refractivity (Wildman–Crippen MR) is 79.0 cm³/mol. The van der Waals surface area contributed by atoms with Crippen molar-refractivity contribution in [3.8, 4) is 0 Å². The van der Waals surface area contributed by atoms with E-state index >= 15 is 0 Å². The van der Waals surface area contributed by atoms with Gasteiger partial charge in [-0.05, 0) is 25.1 Å². The third-order valence-electron chi connectivity index (χ3n) is 2.77. The molecule has 0 radical (unpaired) electrons. The number of rotatable bonds is 5. The van der Waals surface area contributed by atoms with Crippen LogP contribution in [0.1, 0.15) is 6.92 Å². The number of nitro groups is 1. The van der Waals surface area contributed by atoms with Crippen molar-refractivity contribution in [2.45, 2.75) is 13.0 Å². The minimum atomic E-state index is -0.668. The van der Waals surface area contributed by atoms with Gasteiger partial charge in [0.15, 0.2) is 0 Å². The number of hydrogen-bond donors (Lipinski definition) is 2. The topological polar surface area (TPSA) is 97.2 Å². The Morgan fingerprint density at radius 3 is 2.62 bits per heavy atom. The van der Waals surface area contributed by atoms with E-state index in [2.05, 4.69) is 15.6 Å². The number of anilines is 2. The molecule has 2 aromatic rings. The van der Waals surface area contributed by atoms with Crippen molar-refractivity contribution in [1.82, 2.24) is 4.98 Å². The van der Waals surface area contributed by atoms with Gasteiger partial charge in [0.25, 0.3) is 0 Å². The predicted octanol–water partition coefficient (Wildman–Crippen LogP) is 2.43. The molecule has 0 aliphatic rings. The molecular weight excluding hydrogens is 272 g/mol. The van der Waals surface area contributed by atoms with Crippen molar-refractivity contribution in [3.63, 3.8) is 0 Å². The molecule has 7 heteroatoms. The summed E-state index contributed by atoms with van der Waals surface area (Å²) in [6, 6.07) is 11.1. The van der Waals surface area contributed by atoms with Crippen LogP contribution in [0.5, 0.6) is 0 Å². The van der Waals surface area contributed by atoms with E-state index < -0.39 is 11.0 Å². The molecule has 21 heavy (non-hydrogen) atoms. The van der Waals surface area contributed by atoms with Gasteiger partial charge in [-0.25, -0.2) is 4.98 Å². The molecule has 0 aliphatic heterocycles. The number of nitrogens with zero attached hydrogens (tertiary/aromatic N) is 2. The molecule has 0 bridgehead atoms. The van der Waals surface area contributed by atoms with Crippen molar-refractivity contribution >= 4 is 23.1 Å². The Morgan fingerprint density at radius 1 is 1.24 bits per heavy atom. The third kappa shape index (κ3) is 3.75. The second-order valence-corrected chi connectivity index (χ2v) is 4.35. The first kappa shape index (κ1) is 14.4. The molecule has 1 aromatic carbocycles. The molecule has 1 aromatic heterocycles. The minimum absolute atomic E-state index is 0.0678. The first-order valence-electron chi connectivity index (χ1n) is 6.30. The van der Waals surface area contributed by atoms with E-state index in [4.69, 9.17) is 0 Å². The summed E-state index contributed by atoms with van der Waals surface area (Å²) in [4.78, 5) is 26.3. The van der Waals surface area contributed by atoms with Gasteiger partial charge in [0, 0.05) is 18.0 Å². The lowest BCUT2D eigenvalue weighted by molar-refractivity contribution is -0.384. The van der Waals surface area contributed by atoms with Gasteiger partial charge in [-0.2, -0.15) is 0 Å². The van der Waals surface area contributed by atoms with Crippen molar-refractivity contribution in [2.75, 3.05) is 10.6 Å². The van der Waals surface area contributed by atoms with Gasteiger partial charge in [-0.1, -0.05) is 18.2 Å². The SMILES string of the molecule is CC(Nc1ncccc1[N+](=O)[O-])C(=O)Nc1ccccc1. The Labute approximate surface area is 121 Å². The first-order valence-corrected chi connectivity index (χ1v) is 6.30. The van der Waals surface area contributed by atoms with E-state index in [0.717, 1.165) is 0 Å². The van der Waals surface area contributed by atoms with Gasteiger partial charge in [0.05, 0.1) is 4.92 Å². The average molecular weight is 286 g/mol. The molecule has 1 heterocycles. The summed E-state index contributed by atoms with van der Waals surface area (Å²) in [6.45, 7) is 1.61. The van der Waals surface area contributed by atoms with Crippen molar-refractivity contribution in [3.05, 3.63) is 58.8 Å². The van der Waals surface area contributed by atoms with E-state index in [9.17, 15) is 14.9 Å². The smallest absolute Gasteiger partial charge is 0.311 e. The molecule has 0 fully saturated rings. The molecule has 0 saturated carbocycles. The van der Waals surface area contributed by atoms with Crippen molar-refractivity contribution < 1.29 is 9.72 Å². The summed E-state index contributed by atoms with van der Waals surface area (Å²) in [5.41, 5.74) is 0.489. The van der Waals surface area contributed by atoms with Gasteiger partial charge < -0.3 is 10.6 Å². The monoisotopic (exact) mass is 286 g/mol. The summed E-state index contributed by atoms with van der Waals surface area (Å²) in [7, 11) is 0. The molecule has 0 spiro atoms. The number of nitrogens with one attached hydrogen (secondary N) is 2. The number of carbonyl (C=O) groups excluding carboxylic acids is 1. The maximum Gasteiger partial charge on any atom is 0.311 e. The zero-order valence-electron chi connectivity index (χ0n) is 11.3. The van der Waals surface area contributed by atoms with Crippen LogP contribution >= 0.6 is 0 Å². The molecule has 2 N–H and O–H groups in total. The molecule has 7 nitrogen and oxygen atoms in total. The van der Waals surface area contributed by atoms with Gasteiger partial charge >= 0.3 is 5.69 Å². The first-order chi connectivity index (χ1) is 10.1. The summed E-state index contributed by atoms with van der Waals surface area (Å²) in [6.07, 6.45) is 1.43. The fourth-order valence-corrected chi connectivity index (χ4v) is 1.70. The van der Waals surface area contributed by atoms with Crippen molar-refractivity contribution in [2.24, 2.45) is 0 Å². The van der Waals surface area contributed by atoms with Gasteiger partial charge in [0.1, 0.15) is 6.04 Å². The largest absolute Gasteiger partial charge is 0.353 e. The third-order valence-corrected chi connectivity index (χ3v) is 2.77. The maximum absolute atomic E-state index is 12.0. The van der Waals surface area contributed by atoms with Crippen LogP contribution in [0.4, 0.5) is 17.2 Å². The highest BCUT2D eigenvalue weighted by Crippen LogP contribution is 2.21. The number of pyridine rings is 1. The molecule has 0 aliphatic carbocycles. The van der Waals surface area contributed by atoms with E-state index in [0.29, 0.717) is 5.69 Å². The number of amides is 1. The summed E-state index contributed by atoms with van der Waals surface area (Å²) >= 11 is 0. The Balaban J connectivity index is 2.06. The zero-order valence-corrected chi connectivity index (χ0v) is 11.3. The van der Waals surface area contributed by atoms with Crippen LogP contribution in [0.25, 0.3) is 0 Å². The Kier molecular flexibility index (Phi) is 4.45. The van der Waals surface area contributed by atoms with Crippen LogP contribution < -0.4 is 10.6 Å². The lowest BCUT2D eigenvalue weighted by Crippen LogP contribution is -2.32. The van der Waals surface area contributed by atoms with Crippen LogP contribution in [0.3, 0.4) is 0 Å². The molecule has 108 valence electrons. The number of benzene rings is 1. The van der Waals surface area contributed by atoms with E-state index in [1.54, 1.807) is 31.2 Å². The molecular formula is C14H14N4O3. The molecule has 1 atom stereocenters. The van der Waals surface area contributed by atoms with Gasteiger partial charge in [-0.15, -0.1) is 0 Å². The average Bonchev–Trinajstić information content (AvgIpc) is 2.48. The summed E-state index contributed by atoms with van der Waals surface area (Å²) < 4.78 is 0. The fraction of sp³-hybridized carbons (Fsp3) is 0.143. The Morgan fingerprint density at radius 2 is 1.95 bits per heavy atom. The Bertz CT molecular complexity index is 646. The standard InChI is InChI=1S/C14H14N4O3/c1-10(14(19)17-11-6-3-2-4-7-11)16-13-12(18(20)21)8-5-9-15-13/h2-10H,1H3,(H,15,16)(H,17,19). The van der Waals surface area contributed by atoms with Gasteiger partial charge in [-0.3, -0.25) is 14.9 Å². The molecule has 1 unspecified atom stereocenters. The van der Waals surface area contributed by atoms with Crippen LogP contribution in [-0.2, 0) is 4.79 Å². The van der Waals surface area contributed by atoms with Crippen LogP contribution in [0.15, 0.2) is 48.7 Å². The second kappa shape index (κ2) is 6.47. The van der Waals surface area contributed by atoms with Crippen molar-refractivity contribution in [1.29, 1.82) is 0 Å². The highest BCUT2D eigenvalue weighted by Gasteiger charge is 2.19. The fourth-order valence-electron chi connectivity index (χ4n) is 1.70. The lowest BCUT2D eigenvalue weighted by atomic mass is 10.2. The molecule has 1 amide bonds. The normalized spacial score (nSPS) is 11.5. The van der Waals surface area contributed by atoms with Gasteiger partial charge in [0.2, 0.25) is 11.7 Å². The molecule has 0 saturated heterocycles. The highest BCUT2D eigenvalue weighted by atomic mass is 16.6. The van der Waals surface area contributed by atoms with Crippen LogP contribution in [-0.4, -0.2) is 21.9 Å². The highest BCUT2D eigenvalue weighted by molar-refractivity contribution is 5.96. The summed E-state index contributed by atoms with van der Waals surface area (Å²) in [5.74, 6) is -0.237. The lowest BCUT2D eigenvalue weighted by Gasteiger charge is -2.14. The minimum Gasteiger partial charge on any atom is -0.353 e. The van der Waals surface area contributed by atoms with Crippen LogP contribution in [0.2, 0.25) is 0 Å². The van der Waals surface area contributed by atoms with E-state index in [1.807, 2.05) is 6.07 Å². The number of aromatic nitrogens is 1. The Hall–Kier alpha value is -2.96. The molecule has 2 rings (SSSR count). The summed E-state index contributed by atoms with van der Waals surface area (Å²) in [5, 5.41) is 16.3. The zero-order chi connectivity index (χ0) is 15.2. The quantitative estimate of drug-likeness (QED) is 0.650. The number of hydrogen-bond acceptors (Lipinski definition) is 5. The van der Waals surface area contributed by atoms with E-state index in [1.165, 1.54) is 18.3 Å². The second-order valence-electron chi connectivity index (χ2n) is 4.35. The maximum atomic E-state index is 12.0. The van der Waals surface area contributed by atoms with E-state index in [-0.39, 0.29) is 17.4 Å².